The number of rotatable bonds is 5. The molecule has 178 valence electrons. The lowest BCUT2D eigenvalue weighted by Gasteiger charge is -2.28. The fraction of sp³-hybridized carbons (Fsp3) is 0.292. The number of likely N-dealkylation sites (tertiary alicyclic amines) is 1. The molecule has 2 aromatic carbocycles. The van der Waals surface area contributed by atoms with Crippen LogP contribution in [0.4, 0.5) is 10.5 Å². The third-order valence-electron chi connectivity index (χ3n) is 5.80. The Morgan fingerprint density at radius 2 is 1.82 bits per heavy atom. The molecule has 0 unspecified atom stereocenters. The third kappa shape index (κ3) is 5.02. The molecule has 1 N–H and O–H groups in total. The number of aromatic nitrogens is 1. The smallest absolute Gasteiger partial charge is 0.322 e. The van der Waals surface area contributed by atoms with Crippen LogP contribution in [0, 0.1) is 6.92 Å². The Labute approximate surface area is 212 Å². The molecule has 0 bridgehead atoms. The Bertz CT molecular complexity index is 1190. The van der Waals surface area contributed by atoms with Gasteiger partial charge in [-0.3, -0.25) is 4.79 Å². The minimum Gasteiger partial charge on any atom is -0.359 e. The number of urea groups is 1. The van der Waals surface area contributed by atoms with E-state index in [0.29, 0.717) is 57.3 Å². The topological polar surface area (TPSA) is 78.7 Å². The molecule has 4 rings (SSSR count). The van der Waals surface area contributed by atoms with Crippen molar-refractivity contribution in [2.45, 2.75) is 32.4 Å². The molecule has 3 amide bonds. The number of aryl methyl sites for hydroxylation is 1. The van der Waals surface area contributed by atoms with E-state index in [9.17, 15) is 9.59 Å². The molecule has 10 heteroatoms. The maximum atomic E-state index is 13.2. The molecule has 1 aliphatic rings. The number of halogens is 3. The van der Waals surface area contributed by atoms with Crippen molar-refractivity contribution in [1.29, 1.82) is 0 Å². The monoisotopic (exact) mass is 520 g/mol. The van der Waals surface area contributed by atoms with Gasteiger partial charge in [-0.2, -0.15) is 0 Å². The highest BCUT2D eigenvalue weighted by Crippen LogP contribution is 2.39. The van der Waals surface area contributed by atoms with Gasteiger partial charge in [-0.15, -0.1) is 0 Å². The Kier molecular flexibility index (Phi) is 7.36. The second kappa shape index (κ2) is 10.3. The van der Waals surface area contributed by atoms with Gasteiger partial charge in [0.2, 0.25) is 5.91 Å². The SMILES string of the molecule is Cc1onc(-c2c(Cl)cccc2Cl)c1NC(=O)N1CCC[C@@H]1C(=O)N(C)Cc1ccc(Cl)cc1. The van der Waals surface area contributed by atoms with Crippen LogP contribution in [-0.4, -0.2) is 46.5 Å². The van der Waals surface area contributed by atoms with E-state index in [-0.39, 0.29) is 5.91 Å². The number of likely N-dealkylation sites (N-methyl/N-ethyl adjacent to an activating group) is 1. The third-order valence-corrected chi connectivity index (χ3v) is 6.68. The van der Waals surface area contributed by atoms with E-state index in [2.05, 4.69) is 10.5 Å². The van der Waals surface area contributed by atoms with Crippen LogP contribution < -0.4 is 5.32 Å². The maximum absolute atomic E-state index is 13.2. The molecule has 0 aliphatic carbocycles. The number of nitrogens with one attached hydrogen (secondary N) is 1. The molecule has 0 spiro atoms. The van der Waals surface area contributed by atoms with Crippen LogP contribution >= 0.6 is 34.8 Å². The highest BCUT2D eigenvalue weighted by Gasteiger charge is 2.36. The van der Waals surface area contributed by atoms with Crippen molar-refractivity contribution in [2.24, 2.45) is 0 Å². The summed E-state index contributed by atoms with van der Waals surface area (Å²) in [6.45, 7) is 2.56. The molecule has 7 nitrogen and oxygen atoms in total. The first-order valence-electron chi connectivity index (χ1n) is 10.7. The molecule has 2 heterocycles. The molecular weight excluding hydrogens is 499 g/mol. The van der Waals surface area contributed by atoms with Gasteiger partial charge in [-0.05, 0) is 49.6 Å². The van der Waals surface area contributed by atoms with Crippen molar-refractivity contribution in [3.63, 3.8) is 0 Å². The molecule has 1 aromatic heterocycles. The number of anilines is 1. The van der Waals surface area contributed by atoms with E-state index >= 15 is 0 Å². The normalized spacial score (nSPS) is 15.4. The standard InChI is InChI=1S/C24H23Cl3N4O3/c1-14-21(22(29-34-14)20-17(26)5-3-6-18(20)27)28-24(33)31-12-4-7-19(31)23(32)30(2)13-15-8-10-16(25)11-9-15/h3,5-6,8-11,19H,4,7,12-13H2,1-2H3,(H,28,33)/t19-/m1/s1. The average molecular weight is 522 g/mol. The molecule has 1 aliphatic heterocycles. The summed E-state index contributed by atoms with van der Waals surface area (Å²) in [5, 5.41) is 8.33. The molecule has 34 heavy (non-hydrogen) atoms. The second-order valence-electron chi connectivity index (χ2n) is 8.16. The number of hydrogen-bond donors (Lipinski definition) is 1. The Morgan fingerprint density at radius 1 is 1.15 bits per heavy atom. The summed E-state index contributed by atoms with van der Waals surface area (Å²) in [7, 11) is 1.73. The maximum Gasteiger partial charge on any atom is 0.322 e. The fourth-order valence-electron chi connectivity index (χ4n) is 4.06. The Balaban J connectivity index is 1.51. The summed E-state index contributed by atoms with van der Waals surface area (Å²) in [6, 6.07) is 11.4. The Morgan fingerprint density at radius 3 is 2.50 bits per heavy atom. The fourth-order valence-corrected chi connectivity index (χ4v) is 4.76. The number of carbonyl (C=O) groups excluding carboxylic acids is 2. The number of carbonyl (C=O) groups is 2. The van der Waals surface area contributed by atoms with Gasteiger partial charge >= 0.3 is 6.03 Å². The number of hydrogen-bond acceptors (Lipinski definition) is 4. The summed E-state index contributed by atoms with van der Waals surface area (Å²) in [4.78, 5) is 29.6. The summed E-state index contributed by atoms with van der Waals surface area (Å²) in [5.41, 5.74) is 2.13. The minimum absolute atomic E-state index is 0.126. The lowest BCUT2D eigenvalue weighted by Crippen LogP contribution is -2.47. The first kappa shape index (κ1) is 24.4. The average Bonchev–Trinajstić information content (AvgIpc) is 3.43. The first-order valence-corrected chi connectivity index (χ1v) is 11.9. The minimum atomic E-state index is -0.565. The van der Waals surface area contributed by atoms with E-state index < -0.39 is 12.1 Å². The van der Waals surface area contributed by atoms with E-state index in [1.807, 2.05) is 12.1 Å². The van der Waals surface area contributed by atoms with Crippen LogP contribution in [0.15, 0.2) is 47.0 Å². The summed E-state index contributed by atoms with van der Waals surface area (Å²) in [5.74, 6) is 0.278. The molecular formula is C24H23Cl3N4O3. The van der Waals surface area contributed by atoms with Crippen molar-refractivity contribution in [3.05, 3.63) is 68.9 Å². The van der Waals surface area contributed by atoms with Gasteiger partial charge in [0.15, 0.2) is 5.76 Å². The highest BCUT2D eigenvalue weighted by atomic mass is 35.5. The van der Waals surface area contributed by atoms with Gasteiger partial charge < -0.3 is 19.6 Å². The van der Waals surface area contributed by atoms with Crippen LogP contribution in [0.25, 0.3) is 11.3 Å². The van der Waals surface area contributed by atoms with E-state index in [0.717, 1.165) is 12.0 Å². The van der Waals surface area contributed by atoms with Crippen LogP contribution in [0.5, 0.6) is 0 Å². The van der Waals surface area contributed by atoms with E-state index in [4.69, 9.17) is 39.3 Å². The lowest BCUT2D eigenvalue weighted by atomic mass is 10.1. The number of benzene rings is 2. The van der Waals surface area contributed by atoms with Gasteiger partial charge in [-0.1, -0.05) is 58.2 Å². The molecule has 1 saturated heterocycles. The van der Waals surface area contributed by atoms with E-state index in [1.165, 1.54) is 0 Å². The summed E-state index contributed by atoms with van der Waals surface area (Å²) < 4.78 is 5.33. The molecule has 0 saturated carbocycles. The van der Waals surface area contributed by atoms with Crippen LogP contribution in [0.2, 0.25) is 15.1 Å². The van der Waals surface area contributed by atoms with Crippen LogP contribution in [-0.2, 0) is 11.3 Å². The van der Waals surface area contributed by atoms with Gasteiger partial charge in [0.05, 0.1) is 10.0 Å². The largest absolute Gasteiger partial charge is 0.359 e. The van der Waals surface area contributed by atoms with Gasteiger partial charge in [-0.25, -0.2) is 4.79 Å². The predicted molar refractivity (Wildman–Crippen MR) is 133 cm³/mol. The van der Waals surface area contributed by atoms with Gasteiger partial charge in [0.1, 0.15) is 17.4 Å². The van der Waals surface area contributed by atoms with Crippen molar-refractivity contribution < 1.29 is 14.1 Å². The highest BCUT2D eigenvalue weighted by molar-refractivity contribution is 6.39. The summed E-state index contributed by atoms with van der Waals surface area (Å²) >= 11 is 18.6. The summed E-state index contributed by atoms with van der Waals surface area (Å²) in [6.07, 6.45) is 1.31. The zero-order chi connectivity index (χ0) is 24.4. The quantitative estimate of drug-likeness (QED) is 0.429. The van der Waals surface area contributed by atoms with Crippen LogP contribution in [0.3, 0.4) is 0 Å². The Hall–Kier alpha value is -2.74. The zero-order valence-electron chi connectivity index (χ0n) is 18.6. The van der Waals surface area contributed by atoms with Crippen molar-refractivity contribution in [2.75, 3.05) is 18.9 Å². The van der Waals surface area contributed by atoms with Crippen molar-refractivity contribution >= 4 is 52.4 Å². The van der Waals surface area contributed by atoms with Gasteiger partial charge in [0.25, 0.3) is 0 Å². The zero-order valence-corrected chi connectivity index (χ0v) is 20.9. The number of amides is 3. The lowest BCUT2D eigenvalue weighted by molar-refractivity contribution is -0.134. The number of nitrogens with zero attached hydrogens (tertiary/aromatic N) is 3. The van der Waals surface area contributed by atoms with Gasteiger partial charge in [0, 0.05) is 30.7 Å². The molecule has 1 atom stereocenters. The molecule has 0 radical (unpaired) electrons. The predicted octanol–water partition coefficient (Wildman–Crippen LogP) is 6.27. The molecule has 3 aromatic rings. The van der Waals surface area contributed by atoms with Crippen molar-refractivity contribution in [3.8, 4) is 11.3 Å². The van der Waals surface area contributed by atoms with E-state index in [1.54, 1.807) is 54.1 Å². The van der Waals surface area contributed by atoms with Crippen molar-refractivity contribution in [1.82, 2.24) is 15.0 Å². The molecule has 1 fully saturated rings. The second-order valence-corrected chi connectivity index (χ2v) is 9.41. The van der Waals surface area contributed by atoms with Crippen LogP contribution in [0.1, 0.15) is 24.2 Å². The first-order chi connectivity index (χ1) is 16.3.